The summed E-state index contributed by atoms with van der Waals surface area (Å²) in [5, 5.41) is 12.3. The zero-order chi connectivity index (χ0) is 24.7. The molecule has 8 heteroatoms. The molecule has 1 heterocycles. The number of ether oxygens (including phenoxy) is 3. The van der Waals surface area contributed by atoms with E-state index in [2.05, 4.69) is 10.1 Å². The van der Waals surface area contributed by atoms with E-state index in [-0.39, 0.29) is 17.9 Å². The number of amides is 1. The Morgan fingerprint density at radius 2 is 1.82 bits per heavy atom. The maximum atomic E-state index is 12.6. The molecule has 8 nitrogen and oxygen atoms in total. The zero-order valence-electron chi connectivity index (χ0n) is 19.3. The zero-order valence-corrected chi connectivity index (χ0v) is 19.3. The Morgan fingerprint density at radius 1 is 1.03 bits per heavy atom. The number of nitrogens with one attached hydrogen (secondary N) is 1. The summed E-state index contributed by atoms with van der Waals surface area (Å²) in [6, 6.07) is 15.6. The highest BCUT2D eigenvalue weighted by atomic mass is 16.5. The SMILES string of the molecule is COC(=O)c1ccc(COc2ccc(C=C(C#N)C(=O)Nc3ccc(C)c(C)c3)cc2OC)o1. The second-order valence-corrected chi connectivity index (χ2v) is 7.38. The van der Waals surface area contributed by atoms with E-state index in [1.165, 1.54) is 26.4 Å². The van der Waals surface area contributed by atoms with Gasteiger partial charge in [-0.3, -0.25) is 4.79 Å². The quantitative estimate of drug-likeness (QED) is 0.292. The topological polar surface area (TPSA) is 111 Å². The van der Waals surface area contributed by atoms with Gasteiger partial charge in [0, 0.05) is 5.69 Å². The van der Waals surface area contributed by atoms with E-state index in [1.54, 1.807) is 30.3 Å². The van der Waals surface area contributed by atoms with Crippen LogP contribution in [0.4, 0.5) is 5.69 Å². The highest BCUT2D eigenvalue weighted by molar-refractivity contribution is 6.09. The van der Waals surface area contributed by atoms with Crippen molar-refractivity contribution < 1.29 is 28.2 Å². The number of rotatable bonds is 8. The monoisotopic (exact) mass is 460 g/mol. The number of carbonyl (C=O) groups is 2. The van der Waals surface area contributed by atoms with Gasteiger partial charge in [0.15, 0.2) is 11.5 Å². The molecule has 0 atom stereocenters. The van der Waals surface area contributed by atoms with Crippen LogP contribution in [0.3, 0.4) is 0 Å². The fraction of sp³-hybridized carbons (Fsp3) is 0.192. The van der Waals surface area contributed by atoms with E-state index in [1.807, 2.05) is 32.0 Å². The van der Waals surface area contributed by atoms with Crippen LogP contribution in [0.1, 0.15) is 33.0 Å². The second-order valence-electron chi connectivity index (χ2n) is 7.38. The summed E-state index contributed by atoms with van der Waals surface area (Å²) in [6.07, 6.45) is 1.47. The van der Waals surface area contributed by atoms with Crippen molar-refractivity contribution in [2.45, 2.75) is 20.5 Å². The van der Waals surface area contributed by atoms with E-state index < -0.39 is 11.9 Å². The smallest absolute Gasteiger partial charge is 0.373 e. The molecule has 0 fully saturated rings. The van der Waals surface area contributed by atoms with Gasteiger partial charge in [-0.25, -0.2) is 4.79 Å². The minimum Gasteiger partial charge on any atom is -0.493 e. The highest BCUT2D eigenvalue weighted by Crippen LogP contribution is 2.30. The second kappa shape index (κ2) is 10.9. The normalized spacial score (nSPS) is 10.9. The number of furan rings is 1. The van der Waals surface area contributed by atoms with Crippen molar-refractivity contribution in [2.75, 3.05) is 19.5 Å². The van der Waals surface area contributed by atoms with Gasteiger partial charge >= 0.3 is 5.97 Å². The first kappa shape index (κ1) is 24.1. The Kier molecular flexibility index (Phi) is 7.72. The molecule has 0 aliphatic rings. The lowest BCUT2D eigenvalue weighted by atomic mass is 10.1. The Morgan fingerprint density at radius 3 is 2.50 bits per heavy atom. The Labute approximate surface area is 197 Å². The van der Waals surface area contributed by atoms with E-state index in [4.69, 9.17) is 13.9 Å². The number of nitriles is 1. The lowest BCUT2D eigenvalue weighted by Crippen LogP contribution is -2.13. The summed E-state index contributed by atoms with van der Waals surface area (Å²) >= 11 is 0. The van der Waals surface area contributed by atoms with Crippen LogP contribution in [0.15, 0.2) is 58.5 Å². The summed E-state index contributed by atoms with van der Waals surface area (Å²) in [7, 11) is 2.75. The minimum absolute atomic E-state index is 0.0557. The minimum atomic E-state index is -0.574. The average molecular weight is 460 g/mol. The first-order valence-corrected chi connectivity index (χ1v) is 10.3. The van der Waals surface area contributed by atoms with E-state index in [0.29, 0.717) is 28.5 Å². The van der Waals surface area contributed by atoms with Gasteiger partial charge in [0.2, 0.25) is 5.76 Å². The lowest BCUT2D eigenvalue weighted by molar-refractivity contribution is -0.112. The van der Waals surface area contributed by atoms with Gasteiger partial charge in [-0.1, -0.05) is 12.1 Å². The number of nitrogens with zero attached hydrogens (tertiary/aromatic N) is 1. The largest absolute Gasteiger partial charge is 0.493 e. The van der Waals surface area contributed by atoms with E-state index in [9.17, 15) is 14.9 Å². The third-order valence-corrected chi connectivity index (χ3v) is 5.05. The molecule has 34 heavy (non-hydrogen) atoms. The van der Waals surface area contributed by atoms with Crippen molar-refractivity contribution in [3.8, 4) is 17.6 Å². The fourth-order valence-electron chi connectivity index (χ4n) is 3.04. The molecule has 1 amide bonds. The number of methoxy groups -OCH3 is 2. The van der Waals surface area contributed by atoms with Crippen molar-refractivity contribution in [3.05, 3.63) is 82.3 Å². The third kappa shape index (κ3) is 5.84. The molecule has 1 N–H and O–H groups in total. The maximum absolute atomic E-state index is 12.6. The third-order valence-electron chi connectivity index (χ3n) is 5.05. The molecule has 174 valence electrons. The van der Waals surface area contributed by atoms with Crippen LogP contribution in [-0.2, 0) is 16.1 Å². The molecule has 3 aromatic rings. The number of carbonyl (C=O) groups excluding carboxylic acids is 2. The molecular formula is C26H24N2O6. The molecule has 0 saturated heterocycles. The highest BCUT2D eigenvalue weighted by Gasteiger charge is 2.14. The number of aryl methyl sites for hydroxylation is 2. The molecule has 0 radical (unpaired) electrons. The van der Waals surface area contributed by atoms with Crippen LogP contribution in [0.5, 0.6) is 11.5 Å². The average Bonchev–Trinajstić information content (AvgIpc) is 3.32. The molecule has 0 unspecified atom stereocenters. The number of hydrogen-bond donors (Lipinski definition) is 1. The molecule has 0 aliphatic heterocycles. The van der Waals surface area contributed by atoms with Gasteiger partial charge in [-0.05, 0) is 73.0 Å². The van der Waals surface area contributed by atoms with Crippen LogP contribution in [-0.4, -0.2) is 26.1 Å². The van der Waals surface area contributed by atoms with Gasteiger partial charge in [0.25, 0.3) is 5.91 Å². The fourth-order valence-corrected chi connectivity index (χ4v) is 3.04. The van der Waals surface area contributed by atoms with Crippen molar-refractivity contribution in [1.29, 1.82) is 5.26 Å². The van der Waals surface area contributed by atoms with Crippen LogP contribution < -0.4 is 14.8 Å². The summed E-state index contributed by atoms with van der Waals surface area (Å²) in [4.78, 5) is 24.1. The standard InChI is InChI=1S/C26H24N2O6/c1-16-5-7-20(11-17(16)2)28-25(29)19(14-27)12-18-6-9-22(24(13-18)31-3)33-15-21-8-10-23(34-21)26(30)32-4/h5-13H,15H2,1-4H3,(H,28,29). The van der Waals surface area contributed by atoms with Crippen LogP contribution in [0.25, 0.3) is 6.08 Å². The van der Waals surface area contributed by atoms with Gasteiger partial charge in [0.05, 0.1) is 14.2 Å². The predicted molar refractivity (Wildman–Crippen MR) is 126 cm³/mol. The molecular weight excluding hydrogens is 436 g/mol. The van der Waals surface area contributed by atoms with Gasteiger partial charge < -0.3 is 23.9 Å². The molecule has 3 rings (SSSR count). The maximum Gasteiger partial charge on any atom is 0.373 e. The first-order valence-electron chi connectivity index (χ1n) is 10.3. The van der Waals surface area contributed by atoms with Crippen molar-refractivity contribution in [3.63, 3.8) is 0 Å². The molecule has 2 aromatic carbocycles. The van der Waals surface area contributed by atoms with Crippen LogP contribution >= 0.6 is 0 Å². The summed E-state index contributed by atoms with van der Waals surface area (Å²) in [5.74, 6) is 0.256. The van der Waals surface area contributed by atoms with E-state index >= 15 is 0 Å². The number of benzene rings is 2. The molecule has 0 saturated carbocycles. The number of anilines is 1. The Hall–Kier alpha value is -4.51. The Balaban J connectivity index is 1.73. The van der Waals surface area contributed by atoms with Gasteiger partial charge in [-0.15, -0.1) is 0 Å². The Bertz CT molecular complexity index is 1280. The predicted octanol–water partition coefficient (Wildman–Crippen LogP) is 4.82. The molecule has 0 spiro atoms. The van der Waals surface area contributed by atoms with Gasteiger partial charge in [-0.2, -0.15) is 5.26 Å². The molecule has 0 aliphatic carbocycles. The summed E-state index contributed by atoms with van der Waals surface area (Å²) < 4.78 is 21.1. The van der Waals surface area contributed by atoms with Gasteiger partial charge in [0.1, 0.15) is 24.0 Å². The van der Waals surface area contributed by atoms with Crippen molar-refractivity contribution in [2.24, 2.45) is 0 Å². The lowest BCUT2D eigenvalue weighted by Gasteiger charge is -2.11. The number of hydrogen-bond acceptors (Lipinski definition) is 7. The van der Waals surface area contributed by atoms with Crippen LogP contribution in [0.2, 0.25) is 0 Å². The first-order chi connectivity index (χ1) is 16.3. The molecule has 1 aromatic heterocycles. The molecule has 0 bridgehead atoms. The summed E-state index contributed by atoms with van der Waals surface area (Å²) in [6.45, 7) is 3.99. The van der Waals surface area contributed by atoms with Crippen molar-refractivity contribution in [1.82, 2.24) is 0 Å². The van der Waals surface area contributed by atoms with Crippen LogP contribution in [0, 0.1) is 25.2 Å². The summed E-state index contributed by atoms with van der Waals surface area (Å²) in [5.41, 5.74) is 3.29. The number of esters is 1. The van der Waals surface area contributed by atoms with E-state index in [0.717, 1.165) is 11.1 Å². The van der Waals surface area contributed by atoms with Crippen molar-refractivity contribution >= 4 is 23.6 Å².